The average molecular weight is 281 g/mol. The molecule has 17 heavy (non-hydrogen) atoms. The summed E-state index contributed by atoms with van der Waals surface area (Å²) in [7, 11) is -4.49. The molecule has 1 aliphatic heterocycles. The summed E-state index contributed by atoms with van der Waals surface area (Å²) < 4.78 is 15.0. The van der Waals surface area contributed by atoms with Crippen molar-refractivity contribution in [3.05, 3.63) is 0 Å². The van der Waals surface area contributed by atoms with Crippen LogP contribution in [0.2, 0.25) is 0 Å². The van der Waals surface area contributed by atoms with Crippen LogP contribution >= 0.6 is 20.0 Å². The van der Waals surface area contributed by atoms with Gasteiger partial charge in [0, 0.05) is 17.7 Å². The van der Waals surface area contributed by atoms with Crippen molar-refractivity contribution in [2.24, 2.45) is 0 Å². The Hall–Kier alpha value is -0.330. The molecule has 1 atom stereocenters. The summed E-state index contributed by atoms with van der Waals surface area (Å²) >= 11 is 5.04. The number of hydrogen-bond acceptors (Lipinski definition) is 4. The Morgan fingerprint density at radius 3 is 2.82 bits per heavy atom. The van der Waals surface area contributed by atoms with E-state index in [1.54, 1.807) is 4.90 Å². The Labute approximate surface area is 105 Å². The summed E-state index contributed by atoms with van der Waals surface area (Å²) in [5, 5.41) is 0. The zero-order chi connectivity index (χ0) is 13.1. The van der Waals surface area contributed by atoms with Gasteiger partial charge in [-0.05, 0) is 6.42 Å². The fourth-order valence-corrected chi connectivity index (χ4v) is 2.44. The highest BCUT2D eigenvalue weighted by atomic mass is 32.1. The molecule has 1 rings (SSSR count). The lowest BCUT2D eigenvalue weighted by Gasteiger charge is -2.23. The summed E-state index contributed by atoms with van der Waals surface area (Å²) in [6, 6.07) is -0.353. The number of thiocarbonyl (C=S) groups is 1. The van der Waals surface area contributed by atoms with Crippen molar-refractivity contribution in [2.75, 3.05) is 13.2 Å². The van der Waals surface area contributed by atoms with Crippen molar-refractivity contribution < 1.29 is 23.7 Å². The number of phosphoric ester groups is 1. The van der Waals surface area contributed by atoms with E-state index in [2.05, 4.69) is 4.52 Å². The second-order valence-electron chi connectivity index (χ2n) is 3.95. The first-order chi connectivity index (χ1) is 7.83. The van der Waals surface area contributed by atoms with Gasteiger partial charge in [0.25, 0.3) is 0 Å². The molecule has 1 aliphatic rings. The predicted octanol–water partition coefficient (Wildman–Crippen LogP) is 0.867. The first-order valence-corrected chi connectivity index (χ1v) is 7.28. The molecule has 0 spiro atoms. The van der Waals surface area contributed by atoms with Crippen molar-refractivity contribution in [1.82, 2.24) is 4.90 Å². The monoisotopic (exact) mass is 281 g/mol. The highest BCUT2D eigenvalue weighted by Gasteiger charge is 2.33. The molecule has 98 valence electrons. The third-order valence-electron chi connectivity index (χ3n) is 2.47. The molecular weight excluding hydrogens is 265 g/mol. The van der Waals surface area contributed by atoms with E-state index in [1.807, 2.05) is 6.92 Å². The highest BCUT2D eigenvalue weighted by Crippen LogP contribution is 2.36. The molecule has 0 aromatic rings. The van der Waals surface area contributed by atoms with Crippen molar-refractivity contribution in [2.45, 2.75) is 32.2 Å². The van der Waals surface area contributed by atoms with Gasteiger partial charge in [-0.15, -0.1) is 0 Å². The van der Waals surface area contributed by atoms with E-state index >= 15 is 0 Å². The van der Waals surface area contributed by atoms with Gasteiger partial charge in [-0.3, -0.25) is 9.32 Å². The number of hydrogen-bond donors (Lipinski definition) is 2. The van der Waals surface area contributed by atoms with Crippen molar-refractivity contribution in [3.63, 3.8) is 0 Å². The largest absolute Gasteiger partial charge is 0.469 e. The first kappa shape index (κ1) is 14.7. The maximum Gasteiger partial charge on any atom is 0.469 e. The number of carbonyl (C=O) groups excluding carboxylic acids is 1. The van der Waals surface area contributed by atoms with Crippen LogP contribution in [-0.4, -0.2) is 44.7 Å². The predicted molar refractivity (Wildman–Crippen MR) is 65.6 cm³/mol. The first-order valence-electron chi connectivity index (χ1n) is 5.34. The van der Waals surface area contributed by atoms with E-state index in [9.17, 15) is 9.36 Å². The number of nitrogens with zero attached hydrogens (tertiary/aromatic N) is 1. The standard InChI is InChI=1S/C9H16NO5PS/c1-2-3-9(11)10-5-8(17)4-7(10)6-15-16(12,13)14/h7H,2-6H2,1H3,(H2,12,13,14). The second-order valence-corrected chi connectivity index (χ2v) is 5.77. The maximum absolute atomic E-state index is 11.7. The molecule has 1 amide bonds. The zero-order valence-corrected chi connectivity index (χ0v) is 11.2. The summed E-state index contributed by atoms with van der Waals surface area (Å²) in [5.74, 6) is -0.0494. The van der Waals surface area contributed by atoms with Gasteiger partial charge in [0.15, 0.2) is 0 Å². The second kappa shape index (κ2) is 6.02. The number of rotatable bonds is 5. The molecule has 0 aliphatic carbocycles. The molecule has 6 nitrogen and oxygen atoms in total. The van der Waals surface area contributed by atoms with E-state index in [0.717, 1.165) is 6.42 Å². The quantitative estimate of drug-likeness (QED) is 0.574. The molecule has 1 unspecified atom stereocenters. The lowest BCUT2D eigenvalue weighted by atomic mass is 10.2. The summed E-state index contributed by atoms with van der Waals surface area (Å²) in [6.07, 6.45) is 1.61. The molecule has 0 radical (unpaired) electrons. The van der Waals surface area contributed by atoms with E-state index in [-0.39, 0.29) is 18.6 Å². The zero-order valence-electron chi connectivity index (χ0n) is 9.53. The van der Waals surface area contributed by atoms with E-state index in [1.165, 1.54) is 0 Å². The van der Waals surface area contributed by atoms with Crippen LogP contribution in [0.25, 0.3) is 0 Å². The van der Waals surface area contributed by atoms with Crippen LogP contribution in [0.4, 0.5) is 0 Å². The third-order valence-corrected chi connectivity index (χ3v) is 3.25. The summed E-state index contributed by atoms with van der Waals surface area (Å²) in [5.41, 5.74) is 0. The Morgan fingerprint density at radius 1 is 1.65 bits per heavy atom. The summed E-state index contributed by atoms with van der Waals surface area (Å²) in [4.78, 5) is 31.3. The molecule has 0 aromatic heterocycles. The number of likely N-dealkylation sites (tertiary alicyclic amines) is 1. The lowest BCUT2D eigenvalue weighted by Crippen LogP contribution is -2.38. The Kier molecular flexibility index (Phi) is 5.22. The van der Waals surface area contributed by atoms with Gasteiger partial charge in [-0.1, -0.05) is 19.1 Å². The van der Waals surface area contributed by atoms with Gasteiger partial charge in [0.1, 0.15) is 0 Å². The van der Waals surface area contributed by atoms with Gasteiger partial charge in [0.05, 0.1) is 19.2 Å². The van der Waals surface area contributed by atoms with Crippen molar-refractivity contribution >= 4 is 30.8 Å². The third kappa shape index (κ3) is 4.81. The molecule has 1 heterocycles. The Bertz CT molecular complexity index is 355. The van der Waals surface area contributed by atoms with Gasteiger partial charge < -0.3 is 14.7 Å². The highest BCUT2D eigenvalue weighted by molar-refractivity contribution is 7.80. The molecule has 1 saturated heterocycles. The minimum absolute atomic E-state index is 0.0494. The molecule has 1 fully saturated rings. The van der Waals surface area contributed by atoms with E-state index in [0.29, 0.717) is 24.3 Å². The van der Waals surface area contributed by atoms with Crippen LogP contribution < -0.4 is 0 Å². The smallest absolute Gasteiger partial charge is 0.332 e. The molecule has 0 saturated carbocycles. The fourth-order valence-electron chi connectivity index (χ4n) is 1.74. The summed E-state index contributed by atoms with van der Waals surface area (Å²) in [6.45, 7) is 2.09. The van der Waals surface area contributed by atoms with E-state index in [4.69, 9.17) is 22.0 Å². The Morgan fingerprint density at radius 2 is 2.29 bits per heavy atom. The Balaban J connectivity index is 2.59. The van der Waals surface area contributed by atoms with Gasteiger partial charge in [-0.2, -0.15) is 0 Å². The molecular formula is C9H16NO5PS. The minimum Gasteiger partial charge on any atom is -0.332 e. The van der Waals surface area contributed by atoms with Crippen LogP contribution in [0.15, 0.2) is 0 Å². The van der Waals surface area contributed by atoms with Crippen LogP contribution in [0.3, 0.4) is 0 Å². The number of amides is 1. The SMILES string of the molecule is CCCC(=O)N1CC(=S)CC1COP(=O)(O)O. The topological polar surface area (TPSA) is 87.1 Å². The van der Waals surface area contributed by atoms with Crippen LogP contribution in [0.5, 0.6) is 0 Å². The lowest BCUT2D eigenvalue weighted by molar-refractivity contribution is -0.132. The number of phosphoric acid groups is 1. The van der Waals surface area contributed by atoms with Gasteiger partial charge in [-0.25, -0.2) is 4.57 Å². The molecule has 0 aromatic carbocycles. The minimum atomic E-state index is -4.49. The average Bonchev–Trinajstić information content (AvgIpc) is 2.56. The molecule has 0 bridgehead atoms. The van der Waals surface area contributed by atoms with E-state index < -0.39 is 7.82 Å². The van der Waals surface area contributed by atoms with Crippen LogP contribution in [0, 0.1) is 0 Å². The van der Waals surface area contributed by atoms with Gasteiger partial charge in [0.2, 0.25) is 5.91 Å². The number of carbonyl (C=O) groups is 1. The van der Waals surface area contributed by atoms with Gasteiger partial charge >= 0.3 is 7.82 Å². The van der Waals surface area contributed by atoms with Crippen LogP contribution in [0.1, 0.15) is 26.2 Å². The molecule has 8 heteroatoms. The van der Waals surface area contributed by atoms with Crippen molar-refractivity contribution in [1.29, 1.82) is 0 Å². The maximum atomic E-state index is 11.7. The normalized spacial score (nSPS) is 21.0. The van der Waals surface area contributed by atoms with Crippen molar-refractivity contribution in [3.8, 4) is 0 Å². The fraction of sp³-hybridized carbons (Fsp3) is 0.778. The molecule has 2 N–H and O–H groups in total. The van der Waals surface area contributed by atoms with Crippen LogP contribution in [-0.2, 0) is 13.9 Å².